The van der Waals surface area contributed by atoms with Crippen LogP contribution in [0.3, 0.4) is 0 Å². The number of carbonyl (C=O) groups excluding carboxylic acids is 1. The number of carbonyl (C=O) groups is 1. The third-order valence-electron chi connectivity index (χ3n) is 4.74. The van der Waals surface area contributed by atoms with E-state index in [0.29, 0.717) is 5.92 Å². The second-order valence-corrected chi connectivity index (χ2v) is 7.73. The van der Waals surface area contributed by atoms with E-state index >= 15 is 0 Å². The van der Waals surface area contributed by atoms with E-state index in [2.05, 4.69) is 34.5 Å². The molecule has 1 heterocycles. The molecule has 3 rings (SSSR count). The molecule has 0 radical (unpaired) electrons. The van der Waals surface area contributed by atoms with Crippen molar-refractivity contribution in [3.63, 3.8) is 0 Å². The molecule has 2 aromatic carbocycles. The largest absolute Gasteiger partial charge is 0.341 e. The molecule has 2 aromatic rings. The Bertz CT molecular complexity index is 660. The quantitative estimate of drug-likeness (QED) is 0.742. The lowest BCUT2D eigenvalue weighted by molar-refractivity contribution is -0.132. The number of nitrogens with one attached hydrogen (secondary N) is 1. The normalized spacial score (nSPS) is 16.0. The van der Waals surface area contributed by atoms with Gasteiger partial charge in [0.15, 0.2) is 0 Å². The Labute approximate surface area is 167 Å². The average Bonchev–Trinajstić information content (AvgIpc) is 2.68. The summed E-state index contributed by atoms with van der Waals surface area (Å²) >= 11 is 1.65. The van der Waals surface area contributed by atoms with Gasteiger partial charge in [-0.25, -0.2) is 0 Å². The minimum Gasteiger partial charge on any atom is -0.341 e. The van der Waals surface area contributed by atoms with E-state index in [1.165, 1.54) is 0 Å². The predicted octanol–water partition coefficient (Wildman–Crippen LogP) is 4.40. The molecule has 0 saturated carbocycles. The molecule has 1 unspecified atom stereocenters. The average molecular weight is 391 g/mol. The van der Waals surface area contributed by atoms with Gasteiger partial charge in [0.1, 0.15) is 5.25 Å². The molecule has 0 bridgehead atoms. The Hall–Kier alpha value is -1.49. The Morgan fingerprint density at radius 2 is 1.65 bits per heavy atom. The highest BCUT2D eigenvalue weighted by Gasteiger charge is 2.29. The van der Waals surface area contributed by atoms with E-state index < -0.39 is 0 Å². The second kappa shape index (κ2) is 10.6. The summed E-state index contributed by atoms with van der Waals surface area (Å²) < 4.78 is 0. The first-order valence-corrected chi connectivity index (χ1v) is 9.86. The van der Waals surface area contributed by atoms with Gasteiger partial charge in [0.25, 0.3) is 0 Å². The maximum atomic E-state index is 13.3. The summed E-state index contributed by atoms with van der Waals surface area (Å²) in [5, 5.41) is 3.08. The second-order valence-electron chi connectivity index (χ2n) is 6.55. The molecule has 5 heteroatoms. The van der Waals surface area contributed by atoms with Crippen LogP contribution in [0.5, 0.6) is 0 Å². The highest BCUT2D eigenvalue weighted by atomic mass is 35.5. The number of amides is 1. The fourth-order valence-electron chi connectivity index (χ4n) is 3.34. The summed E-state index contributed by atoms with van der Waals surface area (Å²) in [5.41, 5.74) is 1.08. The molecule has 1 aliphatic rings. The molecule has 1 fully saturated rings. The van der Waals surface area contributed by atoms with E-state index in [1.54, 1.807) is 11.8 Å². The number of benzene rings is 2. The van der Waals surface area contributed by atoms with Gasteiger partial charge in [-0.05, 0) is 50.0 Å². The molecule has 140 valence electrons. The standard InChI is InChI=1S/C21H26N2OS.ClH/c1-22-16-17-12-14-23(15-13-17)21(24)20(18-8-4-2-5-9-18)25-19-10-6-3-7-11-19;/h2-11,17,20,22H,12-16H2,1H3;1H. The summed E-state index contributed by atoms with van der Waals surface area (Å²) in [6.07, 6.45) is 2.17. The number of nitrogens with zero attached hydrogens (tertiary/aromatic N) is 1. The lowest BCUT2D eigenvalue weighted by Crippen LogP contribution is -2.42. The molecule has 26 heavy (non-hydrogen) atoms. The monoisotopic (exact) mass is 390 g/mol. The summed E-state index contributed by atoms with van der Waals surface area (Å²) in [6.45, 7) is 2.77. The highest BCUT2D eigenvalue weighted by Crippen LogP contribution is 2.37. The van der Waals surface area contributed by atoms with Crippen LogP contribution in [-0.4, -0.2) is 37.5 Å². The van der Waals surface area contributed by atoms with Gasteiger partial charge in [-0.15, -0.1) is 24.2 Å². The first-order chi connectivity index (χ1) is 12.3. The zero-order valence-electron chi connectivity index (χ0n) is 15.1. The fourth-order valence-corrected chi connectivity index (χ4v) is 4.47. The number of rotatable bonds is 6. The molecule has 1 aliphatic heterocycles. The molecule has 1 N–H and O–H groups in total. The van der Waals surface area contributed by atoms with Gasteiger partial charge in [-0.3, -0.25) is 4.79 Å². The molecule has 0 spiro atoms. The van der Waals surface area contributed by atoms with Crippen molar-refractivity contribution < 1.29 is 4.79 Å². The number of hydrogen-bond donors (Lipinski definition) is 1. The zero-order chi connectivity index (χ0) is 17.5. The lowest BCUT2D eigenvalue weighted by atomic mass is 9.96. The van der Waals surface area contributed by atoms with Gasteiger partial charge >= 0.3 is 0 Å². The van der Waals surface area contributed by atoms with Crippen molar-refractivity contribution in [2.75, 3.05) is 26.7 Å². The molecule has 3 nitrogen and oxygen atoms in total. The van der Waals surface area contributed by atoms with Crippen molar-refractivity contribution in [1.82, 2.24) is 10.2 Å². The number of halogens is 1. The molecule has 0 aliphatic carbocycles. The Morgan fingerprint density at radius 3 is 2.23 bits per heavy atom. The molecule has 1 saturated heterocycles. The lowest BCUT2D eigenvalue weighted by Gasteiger charge is -2.34. The van der Waals surface area contributed by atoms with Crippen molar-refractivity contribution in [3.8, 4) is 0 Å². The van der Waals surface area contributed by atoms with E-state index in [4.69, 9.17) is 0 Å². The summed E-state index contributed by atoms with van der Waals surface area (Å²) in [5.74, 6) is 0.925. The van der Waals surface area contributed by atoms with Crippen molar-refractivity contribution in [3.05, 3.63) is 66.2 Å². The van der Waals surface area contributed by atoms with Crippen LogP contribution in [-0.2, 0) is 4.79 Å². The Morgan fingerprint density at radius 1 is 1.08 bits per heavy atom. The van der Waals surface area contributed by atoms with E-state index in [9.17, 15) is 4.79 Å². The SMILES string of the molecule is CNCC1CCN(C(=O)C(Sc2ccccc2)c2ccccc2)CC1.Cl. The maximum absolute atomic E-state index is 13.3. The van der Waals surface area contributed by atoms with Crippen LogP contribution >= 0.6 is 24.2 Å². The Kier molecular flexibility index (Phi) is 8.49. The van der Waals surface area contributed by atoms with Crippen LogP contribution in [0.4, 0.5) is 0 Å². The minimum atomic E-state index is -0.176. The van der Waals surface area contributed by atoms with Crippen LogP contribution in [0.15, 0.2) is 65.6 Å². The van der Waals surface area contributed by atoms with Gasteiger partial charge in [0.05, 0.1) is 0 Å². The molecular formula is C21H27ClN2OS. The zero-order valence-corrected chi connectivity index (χ0v) is 16.8. The maximum Gasteiger partial charge on any atom is 0.240 e. The van der Waals surface area contributed by atoms with Gasteiger partial charge in [0.2, 0.25) is 5.91 Å². The molecular weight excluding hydrogens is 364 g/mol. The van der Waals surface area contributed by atoms with Crippen molar-refractivity contribution >= 4 is 30.1 Å². The highest BCUT2D eigenvalue weighted by molar-refractivity contribution is 8.00. The van der Waals surface area contributed by atoms with E-state index in [1.807, 2.05) is 43.4 Å². The minimum absolute atomic E-state index is 0. The third-order valence-corrected chi connectivity index (χ3v) is 6.00. The predicted molar refractivity (Wildman–Crippen MR) is 112 cm³/mol. The van der Waals surface area contributed by atoms with Crippen LogP contribution in [0, 0.1) is 5.92 Å². The topological polar surface area (TPSA) is 32.3 Å². The Balaban J connectivity index is 0.00000243. The van der Waals surface area contributed by atoms with Crippen molar-refractivity contribution in [1.29, 1.82) is 0 Å². The van der Waals surface area contributed by atoms with Crippen LogP contribution in [0.25, 0.3) is 0 Å². The van der Waals surface area contributed by atoms with Crippen LogP contribution in [0.2, 0.25) is 0 Å². The number of thioether (sulfide) groups is 1. The summed E-state index contributed by atoms with van der Waals surface area (Å²) in [4.78, 5) is 16.4. The van der Waals surface area contributed by atoms with Crippen LogP contribution < -0.4 is 5.32 Å². The van der Waals surface area contributed by atoms with E-state index in [0.717, 1.165) is 42.9 Å². The first kappa shape index (κ1) is 20.8. The number of hydrogen-bond acceptors (Lipinski definition) is 3. The molecule has 1 atom stereocenters. The van der Waals surface area contributed by atoms with Gasteiger partial charge in [-0.1, -0.05) is 48.5 Å². The van der Waals surface area contributed by atoms with Gasteiger partial charge in [0, 0.05) is 18.0 Å². The van der Waals surface area contributed by atoms with Crippen molar-refractivity contribution in [2.24, 2.45) is 5.92 Å². The smallest absolute Gasteiger partial charge is 0.240 e. The fraction of sp³-hybridized carbons (Fsp3) is 0.381. The molecule has 0 aromatic heterocycles. The number of likely N-dealkylation sites (tertiary alicyclic amines) is 1. The van der Waals surface area contributed by atoms with Gasteiger partial charge < -0.3 is 10.2 Å². The number of piperidine rings is 1. The van der Waals surface area contributed by atoms with Crippen LogP contribution in [0.1, 0.15) is 23.7 Å². The first-order valence-electron chi connectivity index (χ1n) is 8.98. The summed E-state index contributed by atoms with van der Waals surface area (Å²) in [7, 11) is 2.00. The van der Waals surface area contributed by atoms with E-state index in [-0.39, 0.29) is 23.6 Å². The van der Waals surface area contributed by atoms with Gasteiger partial charge in [-0.2, -0.15) is 0 Å². The third kappa shape index (κ3) is 5.50. The molecule has 1 amide bonds. The van der Waals surface area contributed by atoms with Crippen molar-refractivity contribution in [2.45, 2.75) is 23.0 Å². The summed E-state index contributed by atoms with van der Waals surface area (Å²) in [6, 6.07) is 20.4.